The van der Waals surface area contributed by atoms with Crippen LogP contribution in [0, 0.1) is 0 Å². The summed E-state index contributed by atoms with van der Waals surface area (Å²) in [7, 11) is -2.94. The first-order valence-corrected chi connectivity index (χ1v) is 8.05. The molecule has 0 heterocycles. The van der Waals surface area contributed by atoms with Crippen LogP contribution in [0.1, 0.15) is 31.7 Å². The summed E-state index contributed by atoms with van der Waals surface area (Å²) < 4.78 is 52.0. The predicted molar refractivity (Wildman–Crippen MR) is 75.4 cm³/mol. The fourth-order valence-electron chi connectivity index (χ4n) is 2.06. The lowest BCUT2D eigenvalue weighted by Gasteiger charge is -2.30. The Bertz CT molecular complexity index is 715. The maximum Gasteiger partial charge on any atom is 0.324 e. The number of halogens is 2. The second-order valence-corrected chi connectivity index (χ2v) is 7.90. The zero-order valence-electron chi connectivity index (χ0n) is 12.4. The van der Waals surface area contributed by atoms with Crippen molar-refractivity contribution in [2.75, 3.05) is 7.05 Å². The molecule has 0 radical (unpaired) electrons. The summed E-state index contributed by atoms with van der Waals surface area (Å²) in [4.78, 5) is 11.0. The van der Waals surface area contributed by atoms with Gasteiger partial charge < -0.3 is 5.11 Å². The van der Waals surface area contributed by atoms with Crippen LogP contribution in [-0.4, -0.2) is 42.3 Å². The van der Waals surface area contributed by atoms with Crippen molar-refractivity contribution in [3.05, 3.63) is 29.8 Å². The fraction of sp³-hybridized carbons (Fsp3) is 0.500. The van der Waals surface area contributed by atoms with Gasteiger partial charge in [0.2, 0.25) is 10.0 Å². The van der Waals surface area contributed by atoms with Gasteiger partial charge >= 0.3 is 5.97 Å². The van der Waals surface area contributed by atoms with Crippen molar-refractivity contribution in [1.29, 1.82) is 0 Å². The van der Waals surface area contributed by atoms with Crippen LogP contribution in [0.4, 0.5) is 8.78 Å². The number of alkyl halides is 2. The molecule has 1 unspecified atom stereocenters. The van der Waals surface area contributed by atoms with Crippen molar-refractivity contribution in [3.63, 3.8) is 0 Å². The average Bonchev–Trinajstić information content (AvgIpc) is 3.06. The van der Waals surface area contributed by atoms with Crippen LogP contribution < -0.4 is 0 Å². The number of carbonyl (C=O) groups is 1. The maximum absolute atomic E-state index is 13.1. The highest BCUT2D eigenvalue weighted by Crippen LogP contribution is 2.55. The minimum absolute atomic E-state index is 0.190. The quantitative estimate of drug-likeness (QED) is 0.897. The Hall–Kier alpha value is -1.54. The molecule has 0 aliphatic heterocycles. The summed E-state index contributed by atoms with van der Waals surface area (Å²) in [5.74, 6) is -5.07. The number of rotatable bonds is 5. The number of aliphatic carboxylic acids is 1. The molecule has 5 nitrogen and oxygen atoms in total. The first kappa shape index (κ1) is 16.8. The minimum Gasteiger partial charge on any atom is -0.480 e. The van der Waals surface area contributed by atoms with E-state index in [-0.39, 0.29) is 16.9 Å². The maximum atomic E-state index is 13.1. The molecule has 1 saturated carbocycles. The van der Waals surface area contributed by atoms with Gasteiger partial charge in [-0.15, -0.1) is 0 Å². The van der Waals surface area contributed by atoms with Crippen molar-refractivity contribution in [3.8, 4) is 0 Å². The third kappa shape index (κ3) is 2.72. The van der Waals surface area contributed by atoms with E-state index in [0.29, 0.717) is 0 Å². The third-order valence-corrected chi connectivity index (χ3v) is 6.08. The summed E-state index contributed by atoms with van der Waals surface area (Å²) in [5, 5.41) is 9.14. The topological polar surface area (TPSA) is 74.7 Å². The van der Waals surface area contributed by atoms with Crippen molar-refractivity contribution < 1.29 is 27.1 Å². The Morgan fingerprint density at radius 3 is 2.41 bits per heavy atom. The van der Waals surface area contributed by atoms with Gasteiger partial charge in [0.1, 0.15) is 5.54 Å². The Labute approximate surface area is 127 Å². The van der Waals surface area contributed by atoms with Crippen LogP contribution in [0.15, 0.2) is 29.2 Å². The summed E-state index contributed by atoms with van der Waals surface area (Å²) >= 11 is 0. The molecule has 0 spiro atoms. The number of sulfonamides is 1. The molecule has 122 valence electrons. The minimum atomic E-state index is -4.10. The monoisotopic (exact) mass is 333 g/mol. The van der Waals surface area contributed by atoms with Crippen LogP contribution >= 0.6 is 0 Å². The van der Waals surface area contributed by atoms with Crippen LogP contribution in [-0.2, 0) is 14.8 Å². The van der Waals surface area contributed by atoms with E-state index >= 15 is 0 Å². The standard InChI is InChI=1S/C14H17F2NO4S/c1-13(2,12(18)19)17(3)22(20,21)10-6-4-5-9(7-10)11-8-14(11,15)16/h4-7,11H,8H2,1-3H3,(H,18,19). The molecule has 1 atom stereocenters. The zero-order chi connectivity index (χ0) is 16.9. The van der Waals surface area contributed by atoms with Gasteiger partial charge in [0.05, 0.1) is 10.8 Å². The van der Waals surface area contributed by atoms with E-state index < -0.39 is 33.4 Å². The molecule has 22 heavy (non-hydrogen) atoms. The van der Waals surface area contributed by atoms with Gasteiger partial charge in [0, 0.05) is 13.5 Å². The fourth-order valence-corrected chi connectivity index (χ4v) is 3.59. The Morgan fingerprint density at radius 1 is 1.41 bits per heavy atom. The lowest BCUT2D eigenvalue weighted by Crippen LogP contribution is -2.50. The van der Waals surface area contributed by atoms with E-state index in [1.165, 1.54) is 38.1 Å². The first-order valence-electron chi connectivity index (χ1n) is 6.61. The zero-order valence-corrected chi connectivity index (χ0v) is 13.2. The number of carboxylic acid groups (broad SMARTS) is 1. The highest BCUT2D eigenvalue weighted by molar-refractivity contribution is 7.89. The van der Waals surface area contributed by atoms with Crippen molar-refractivity contribution in [2.45, 2.75) is 42.5 Å². The van der Waals surface area contributed by atoms with E-state index in [2.05, 4.69) is 0 Å². The van der Waals surface area contributed by atoms with Gasteiger partial charge in [-0.3, -0.25) is 4.79 Å². The second kappa shape index (κ2) is 4.99. The molecule has 0 bridgehead atoms. The molecule has 1 aromatic rings. The SMILES string of the molecule is CN(C(C)(C)C(=O)O)S(=O)(=O)c1cccc(C2CC2(F)F)c1. The normalized spacial score (nSPS) is 20.9. The van der Waals surface area contributed by atoms with Crippen molar-refractivity contribution in [1.82, 2.24) is 4.31 Å². The smallest absolute Gasteiger partial charge is 0.324 e. The van der Waals surface area contributed by atoms with Crippen LogP contribution in [0.25, 0.3) is 0 Å². The highest BCUT2D eigenvalue weighted by atomic mass is 32.2. The summed E-state index contributed by atoms with van der Waals surface area (Å²) in [6.45, 7) is 2.51. The summed E-state index contributed by atoms with van der Waals surface area (Å²) in [6.07, 6.45) is -0.299. The molecule has 1 aromatic carbocycles. The van der Waals surface area contributed by atoms with Gasteiger partial charge in [-0.05, 0) is 31.5 Å². The number of carboxylic acids is 1. The van der Waals surface area contributed by atoms with Gasteiger partial charge in [0.25, 0.3) is 5.92 Å². The van der Waals surface area contributed by atoms with Gasteiger partial charge in [-0.2, -0.15) is 4.31 Å². The number of nitrogens with zero attached hydrogens (tertiary/aromatic N) is 1. The van der Waals surface area contributed by atoms with Crippen molar-refractivity contribution in [2.24, 2.45) is 0 Å². The van der Waals surface area contributed by atoms with E-state index in [4.69, 9.17) is 5.11 Å². The molecule has 0 saturated heterocycles. The molecule has 2 rings (SSSR count). The van der Waals surface area contributed by atoms with Crippen LogP contribution in [0.2, 0.25) is 0 Å². The summed E-state index contributed by atoms with van der Waals surface area (Å²) in [6, 6.07) is 5.30. The largest absolute Gasteiger partial charge is 0.480 e. The van der Waals surface area contributed by atoms with Crippen molar-refractivity contribution >= 4 is 16.0 Å². The Kier molecular flexibility index (Phi) is 3.81. The van der Waals surface area contributed by atoms with Crippen LogP contribution in [0.5, 0.6) is 0 Å². The van der Waals surface area contributed by atoms with Gasteiger partial charge in [-0.25, -0.2) is 17.2 Å². The molecular formula is C14H17F2NO4S. The van der Waals surface area contributed by atoms with Gasteiger partial charge in [0.15, 0.2) is 0 Å². The average molecular weight is 333 g/mol. The van der Waals surface area contributed by atoms with Gasteiger partial charge in [-0.1, -0.05) is 12.1 Å². The second-order valence-electron chi connectivity index (χ2n) is 5.93. The number of hydrogen-bond donors (Lipinski definition) is 1. The molecule has 0 aromatic heterocycles. The summed E-state index contributed by atoms with van der Waals surface area (Å²) in [5.41, 5.74) is -1.41. The highest BCUT2D eigenvalue weighted by Gasteiger charge is 2.57. The molecule has 1 N–H and O–H groups in total. The lowest BCUT2D eigenvalue weighted by molar-refractivity contribution is -0.145. The van der Waals surface area contributed by atoms with Crippen LogP contribution in [0.3, 0.4) is 0 Å². The van der Waals surface area contributed by atoms with E-state index in [1.807, 2.05) is 0 Å². The van der Waals surface area contributed by atoms with E-state index in [9.17, 15) is 22.0 Å². The van der Waals surface area contributed by atoms with E-state index in [1.54, 1.807) is 0 Å². The number of benzene rings is 1. The Balaban J connectivity index is 2.39. The Morgan fingerprint density at radius 2 is 1.95 bits per heavy atom. The lowest BCUT2D eigenvalue weighted by atomic mass is 10.1. The van der Waals surface area contributed by atoms with E-state index in [0.717, 1.165) is 11.4 Å². The molecular weight excluding hydrogens is 316 g/mol. The molecule has 1 aliphatic carbocycles. The number of hydrogen-bond acceptors (Lipinski definition) is 3. The molecule has 1 fully saturated rings. The number of likely N-dealkylation sites (N-methyl/N-ethyl adjacent to an activating group) is 1. The molecule has 8 heteroatoms. The molecule has 0 amide bonds. The predicted octanol–water partition coefficient (Wildman–Crippen LogP) is 2.29. The molecule has 1 aliphatic rings. The first-order chi connectivity index (χ1) is 9.90. The third-order valence-electron chi connectivity index (χ3n) is 4.06.